The fraction of sp³-hybridized carbons (Fsp3) is 0.0769. The van der Waals surface area contributed by atoms with E-state index >= 15 is 0 Å². The number of amides is 1. The van der Waals surface area contributed by atoms with Crippen LogP contribution in [-0.2, 0) is 4.79 Å². The first-order chi connectivity index (χ1) is 9.26. The number of fused-ring (bicyclic) bond motifs is 1. The minimum Gasteiger partial charge on any atom is -0.266 e. The van der Waals surface area contributed by atoms with Gasteiger partial charge in [0.2, 0.25) is 0 Å². The van der Waals surface area contributed by atoms with Gasteiger partial charge in [0.15, 0.2) is 0 Å². The number of aromatic nitrogens is 2. The third kappa shape index (κ3) is 2.54. The zero-order valence-electron chi connectivity index (χ0n) is 10.0. The van der Waals surface area contributed by atoms with Crippen LogP contribution >= 0.6 is 23.5 Å². The molecule has 0 spiro atoms. The van der Waals surface area contributed by atoms with Crippen LogP contribution in [0.4, 0.5) is 0 Å². The van der Waals surface area contributed by atoms with E-state index in [2.05, 4.69) is 15.0 Å². The molecule has 4 nitrogen and oxygen atoms in total. The standard InChI is InChI=1S/C13H9N3OS2/c1-18-13-16-12(17)11(19-13)7-8-2-3-9-10(6-8)15-5-4-14-9/h2-7H,1H3. The molecule has 0 N–H and O–H groups in total. The maximum Gasteiger partial charge on any atom is 0.285 e. The van der Waals surface area contributed by atoms with Crippen LogP contribution in [0.3, 0.4) is 0 Å². The lowest BCUT2D eigenvalue weighted by Crippen LogP contribution is -1.88. The van der Waals surface area contributed by atoms with E-state index in [0.29, 0.717) is 4.91 Å². The van der Waals surface area contributed by atoms with Gasteiger partial charge in [0.25, 0.3) is 5.91 Å². The Labute approximate surface area is 118 Å². The van der Waals surface area contributed by atoms with Crippen molar-refractivity contribution in [3.05, 3.63) is 41.1 Å². The molecule has 1 aliphatic rings. The number of thioether (sulfide) groups is 2. The summed E-state index contributed by atoms with van der Waals surface area (Å²) in [4.78, 5) is 24.8. The van der Waals surface area contributed by atoms with Gasteiger partial charge in [-0.3, -0.25) is 14.8 Å². The molecule has 1 aromatic carbocycles. The van der Waals surface area contributed by atoms with Crippen molar-refractivity contribution in [1.82, 2.24) is 9.97 Å². The number of hydrogen-bond donors (Lipinski definition) is 0. The Hall–Kier alpha value is -1.66. The van der Waals surface area contributed by atoms with Crippen LogP contribution in [0.1, 0.15) is 5.56 Å². The highest BCUT2D eigenvalue weighted by atomic mass is 32.2. The molecule has 0 unspecified atom stereocenters. The fourth-order valence-electron chi connectivity index (χ4n) is 1.70. The van der Waals surface area contributed by atoms with Crippen molar-refractivity contribution in [2.45, 2.75) is 0 Å². The molecule has 94 valence electrons. The highest BCUT2D eigenvalue weighted by Gasteiger charge is 2.20. The molecular formula is C13H9N3OS2. The molecule has 1 aliphatic heterocycles. The predicted molar refractivity (Wildman–Crippen MR) is 81.1 cm³/mol. The van der Waals surface area contributed by atoms with Crippen LogP contribution < -0.4 is 0 Å². The minimum atomic E-state index is -0.173. The van der Waals surface area contributed by atoms with E-state index in [4.69, 9.17) is 0 Å². The van der Waals surface area contributed by atoms with E-state index in [1.165, 1.54) is 23.5 Å². The van der Waals surface area contributed by atoms with Crippen LogP contribution in [0, 0.1) is 0 Å². The molecule has 3 rings (SSSR count). The summed E-state index contributed by atoms with van der Waals surface area (Å²) < 4.78 is 0.789. The molecule has 0 saturated carbocycles. The second kappa shape index (κ2) is 5.14. The smallest absolute Gasteiger partial charge is 0.266 e. The van der Waals surface area contributed by atoms with Gasteiger partial charge in [0.1, 0.15) is 4.38 Å². The summed E-state index contributed by atoms with van der Waals surface area (Å²) in [7, 11) is 0. The van der Waals surface area contributed by atoms with Crippen LogP contribution in [0.25, 0.3) is 17.1 Å². The number of nitrogens with zero attached hydrogens (tertiary/aromatic N) is 3. The summed E-state index contributed by atoms with van der Waals surface area (Å²) in [5.74, 6) is -0.173. The molecular weight excluding hydrogens is 278 g/mol. The van der Waals surface area contributed by atoms with Gasteiger partial charge in [-0.2, -0.15) is 4.99 Å². The Balaban J connectivity index is 1.96. The lowest BCUT2D eigenvalue weighted by Gasteiger charge is -1.99. The molecule has 2 aromatic rings. The summed E-state index contributed by atoms with van der Waals surface area (Å²) in [5, 5.41) is 0. The predicted octanol–water partition coefficient (Wildman–Crippen LogP) is 2.96. The average Bonchev–Trinajstić information content (AvgIpc) is 2.79. The lowest BCUT2D eigenvalue weighted by molar-refractivity contribution is -0.113. The van der Waals surface area contributed by atoms with Crippen LogP contribution in [-0.4, -0.2) is 26.5 Å². The summed E-state index contributed by atoms with van der Waals surface area (Å²) in [6.07, 6.45) is 7.07. The number of carbonyl (C=O) groups is 1. The molecule has 1 aromatic heterocycles. The zero-order chi connectivity index (χ0) is 13.2. The van der Waals surface area contributed by atoms with E-state index in [1.54, 1.807) is 12.4 Å². The molecule has 19 heavy (non-hydrogen) atoms. The van der Waals surface area contributed by atoms with E-state index in [-0.39, 0.29) is 5.91 Å². The molecule has 0 bridgehead atoms. The van der Waals surface area contributed by atoms with Gasteiger partial charge < -0.3 is 0 Å². The number of hydrogen-bond acceptors (Lipinski definition) is 5. The van der Waals surface area contributed by atoms with Crippen molar-refractivity contribution in [1.29, 1.82) is 0 Å². The van der Waals surface area contributed by atoms with Crippen LogP contribution in [0.15, 0.2) is 40.5 Å². The Kier molecular flexibility index (Phi) is 3.35. The maximum absolute atomic E-state index is 11.7. The first-order valence-electron chi connectivity index (χ1n) is 5.53. The summed E-state index contributed by atoms with van der Waals surface area (Å²) in [5.41, 5.74) is 2.59. The van der Waals surface area contributed by atoms with Crippen molar-refractivity contribution in [3.63, 3.8) is 0 Å². The van der Waals surface area contributed by atoms with Gasteiger partial charge in [-0.05, 0) is 30.0 Å². The van der Waals surface area contributed by atoms with E-state index in [9.17, 15) is 4.79 Å². The van der Waals surface area contributed by atoms with Crippen molar-refractivity contribution in [3.8, 4) is 0 Å². The SMILES string of the molecule is CSC1=NC(=O)C(=Cc2ccc3nccnc3c2)S1. The van der Waals surface area contributed by atoms with Gasteiger partial charge in [0, 0.05) is 12.4 Å². The molecule has 2 heterocycles. The van der Waals surface area contributed by atoms with Crippen molar-refractivity contribution < 1.29 is 4.79 Å². The topological polar surface area (TPSA) is 55.2 Å². The van der Waals surface area contributed by atoms with Crippen LogP contribution in [0.2, 0.25) is 0 Å². The maximum atomic E-state index is 11.7. The summed E-state index contributed by atoms with van der Waals surface area (Å²) in [6, 6.07) is 5.74. The van der Waals surface area contributed by atoms with Gasteiger partial charge >= 0.3 is 0 Å². The normalized spacial score (nSPS) is 17.2. The van der Waals surface area contributed by atoms with Gasteiger partial charge in [0.05, 0.1) is 15.9 Å². The van der Waals surface area contributed by atoms with Gasteiger partial charge in [-0.15, -0.1) is 11.8 Å². The zero-order valence-corrected chi connectivity index (χ0v) is 11.7. The van der Waals surface area contributed by atoms with Crippen LogP contribution in [0.5, 0.6) is 0 Å². The molecule has 1 amide bonds. The molecule has 6 heteroatoms. The summed E-state index contributed by atoms with van der Waals surface area (Å²) >= 11 is 2.89. The van der Waals surface area contributed by atoms with Crippen molar-refractivity contribution in [2.24, 2.45) is 4.99 Å². The first-order valence-corrected chi connectivity index (χ1v) is 7.58. The van der Waals surface area contributed by atoms with E-state index < -0.39 is 0 Å². The Morgan fingerprint density at radius 2 is 2.00 bits per heavy atom. The molecule has 0 fully saturated rings. The average molecular weight is 287 g/mol. The Morgan fingerprint density at radius 1 is 1.21 bits per heavy atom. The minimum absolute atomic E-state index is 0.173. The summed E-state index contributed by atoms with van der Waals surface area (Å²) in [6.45, 7) is 0. The van der Waals surface area contributed by atoms with Crippen molar-refractivity contribution >= 4 is 50.9 Å². The number of carbonyl (C=O) groups excluding carboxylic acids is 1. The van der Waals surface area contributed by atoms with E-state index in [0.717, 1.165) is 21.0 Å². The first kappa shape index (κ1) is 12.4. The van der Waals surface area contributed by atoms with Gasteiger partial charge in [-0.25, -0.2) is 0 Å². The Bertz CT molecular complexity index is 725. The number of benzene rings is 1. The Morgan fingerprint density at radius 3 is 2.74 bits per heavy atom. The monoisotopic (exact) mass is 287 g/mol. The van der Waals surface area contributed by atoms with Gasteiger partial charge in [-0.1, -0.05) is 17.8 Å². The highest BCUT2D eigenvalue weighted by molar-refractivity contribution is 8.40. The highest BCUT2D eigenvalue weighted by Crippen LogP contribution is 2.32. The van der Waals surface area contributed by atoms with Crippen molar-refractivity contribution in [2.75, 3.05) is 6.26 Å². The number of aliphatic imine (C=N–C) groups is 1. The third-order valence-electron chi connectivity index (χ3n) is 2.57. The largest absolute Gasteiger partial charge is 0.285 e. The second-order valence-corrected chi connectivity index (χ2v) is 5.89. The molecule has 0 radical (unpaired) electrons. The fourth-order valence-corrected chi connectivity index (χ4v) is 3.12. The molecule has 0 saturated heterocycles. The third-order valence-corrected chi connectivity index (χ3v) is 4.54. The molecule has 0 aliphatic carbocycles. The second-order valence-electron chi connectivity index (χ2n) is 3.80. The van der Waals surface area contributed by atoms with E-state index in [1.807, 2.05) is 30.5 Å². The lowest BCUT2D eigenvalue weighted by atomic mass is 10.2. The molecule has 0 atom stereocenters. The quantitative estimate of drug-likeness (QED) is 0.755. The number of rotatable bonds is 1.